The monoisotopic (exact) mass is 313 g/mol. The van der Waals surface area contributed by atoms with E-state index in [0.29, 0.717) is 0 Å². The fraction of sp³-hybridized carbons (Fsp3) is 0.500. The van der Waals surface area contributed by atoms with Crippen molar-refractivity contribution < 1.29 is 9.90 Å². The van der Waals surface area contributed by atoms with Gasteiger partial charge in [0, 0.05) is 10.4 Å². The van der Waals surface area contributed by atoms with Gasteiger partial charge in [-0.25, -0.2) is 0 Å². The molecule has 4 heteroatoms. The van der Waals surface area contributed by atoms with Crippen LogP contribution in [0.25, 0.3) is 0 Å². The van der Waals surface area contributed by atoms with Crippen molar-refractivity contribution >= 4 is 21.8 Å². The fourth-order valence-corrected chi connectivity index (χ4v) is 1.84. The van der Waals surface area contributed by atoms with Gasteiger partial charge in [-0.3, -0.25) is 4.79 Å². The molecule has 0 radical (unpaired) electrons. The summed E-state index contributed by atoms with van der Waals surface area (Å²) in [4.78, 5) is 11.7. The van der Waals surface area contributed by atoms with Crippen molar-refractivity contribution in [3.63, 3.8) is 0 Å². The molecule has 3 nitrogen and oxygen atoms in total. The molecule has 0 aliphatic carbocycles. The summed E-state index contributed by atoms with van der Waals surface area (Å²) in [5.41, 5.74) is 0.801. The van der Waals surface area contributed by atoms with Gasteiger partial charge in [0.05, 0.1) is 12.1 Å². The van der Waals surface area contributed by atoms with Crippen molar-refractivity contribution in [2.75, 3.05) is 0 Å². The van der Waals surface area contributed by atoms with E-state index in [1.165, 1.54) is 0 Å². The van der Waals surface area contributed by atoms with Crippen LogP contribution in [0.2, 0.25) is 0 Å². The minimum absolute atomic E-state index is 0.0128. The molecule has 0 heterocycles. The summed E-state index contributed by atoms with van der Waals surface area (Å²) < 4.78 is 0.967. The number of aliphatic hydroxyl groups is 1. The van der Waals surface area contributed by atoms with Gasteiger partial charge < -0.3 is 10.4 Å². The molecule has 0 saturated carbocycles. The average molecular weight is 314 g/mol. The van der Waals surface area contributed by atoms with Crippen LogP contribution in [0.1, 0.15) is 38.9 Å². The van der Waals surface area contributed by atoms with Crippen molar-refractivity contribution in [3.8, 4) is 0 Å². The topological polar surface area (TPSA) is 49.3 Å². The lowest BCUT2D eigenvalue weighted by Crippen LogP contribution is -2.39. The Morgan fingerprint density at radius 1 is 1.33 bits per heavy atom. The Hall–Kier alpha value is -0.870. The van der Waals surface area contributed by atoms with Crippen molar-refractivity contribution in [3.05, 3.63) is 34.3 Å². The quantitative estimate of drug-likeness (QED) is 0.878. The SMILES string of the molecule is CCC(C)C(=O)NC(C)C(O)c1ccc(Br)cc1. The molecule has 1 aromatic carbocycles. The van der Waals surface area contributed by atoms with Crippen LogP contribution < -0.4 is 5.32 Å². The largest absolute Gasteiger partial charge is 0.386 e. The summed E-state index contributed by atoms with van der Waals surface area (Å²) in [6.45, 7) is 5.67. The highest BCUT2D eigenvalue weighted by Crippen LogP contribution is 2.19. The third-order valence-electron chi connectivity index (χ3n) is 3.12. The lowest BCUT2D eigenvalue weighted by Gasteiger charge is -2.22. The Balaban J connectivity index is 2.64. The van der Waals surface area contributed by atoms with E-state index in [1.807, 2.05) is 45.0 Å². The molecule has 0 bridgehead atoms. The second-order valence-electron chi connectivity index (χ2n) is 4.60. The molecule has 1 aromatic rings. The molecular formula is C14H20BrNO2. The van der Waals surface area contributed by atoms with Gasteiger partial charge in [0.1, 0.15) is 0 Å². The Labute approximate surface area is 117 Å². The van der Waals surface area contributed by atoms with E-state index in [-0.39, 0.29) is 17.9 Å². The third-order valence-corrected chi connectivity index (χ3v) is 3.64. The molecule has 0 aromatic heterocycles. The third kappa shape index (κ3) is 4.10. The first-order valence-corrected chi connectivity index (χ1v) is 6.99. The number of halogens is 1. The van der Waals surface area contributed by atoms with Crippen molar-refractivity contribution in [1.29, 1.82) is 0 Å². The zero-order chi connectivity index (χ0) is 13.7. The van der Waals surface area contributed by atoms with Crippen LogP contribution in [0.5, 0.6) is 0 Å². The molecule has 100 valence electrons. The van der Waals surface area contributed by atoms with Gasteiger partial charge in [-0.1, -0.05) is 41.9 Å². The van der Waals surface area contributed by atoms with E-state index in [2.05, 4.69) is 21.2 Å². The Morgan fingerprint density at radius 2 is 1.89 bits per heavy atom. The van der Waals surface area contributed by atoms with Crippen LogP contribution in [0.15, 0.2) is 28.7 Å². The van der Waals surface area contributed by atoms with Crippen LogP contribution in [0.3, 0.4) is 0 Å². The molecule has 18 heavy (non-hydrogen) atoms. The van der Waals surface area contributed by atoms with E-state index >= 15 is 0 Å². The zero-order valence-electron chi connectivity index (χ0n) is 11.0. The van der Waals surface area contributed by atoms with Gasteiger partial charge in [-0.05, 0) is 31.0 Å². The Bertz CT molecular complexity index is 391. The molecule has 1 rings (SSSR count). The number of carbonyl (C=O) groups excluding carboxylic acids is 1. The van der Waals surface area contributed by atoms with Gasteiger partial charge in [0.15, 0.2) is 0 Å². The average Bonchev–Trinajstić information content (AvgIpc) is 2.37. The minimum Gasteiger partial charge on any atom is -0.386 e. The van der Waals surface area contributed by atoms with E-state index in [9.17, 15) is 9.90 Å². The first kappa shape index (κ1) is 15.2. The number of benzene rings is 1. The summed E-state index contributed by atoms with van der Waals surface area (Å²) in [6.07, 6.45) is 0.110. The minimum atomic E-state index is -0.689. The highest BCUT2D eigenvalue weighted by atomic mass is 79.9. The number of carbonyl (C=O) groups is 1. The number of hydrogen-bond donors (Lipinski definition) is 2. The zero-order valence-corrected chi connectivity index (χ0v) is 12.6. The summed E-state index contributed by atoms with van der Waals surface area (Å²) in [5, 5.41) is 13.0. The van der Waals surface area contributed by atoms with Crippen LogP contribution in [0.4, 0.5) is 0 Å². The predicted octanol–water partition coefficient (Wildman–Crippen LogP) is 3.03. The maximum atomic E-state index is 11.7. The molecule has 0 saturated heterocycles. The second kappa shape index (κ2) is 6.90. The summed E-state index contributed by atoms with van der Waals surface area (Å²) in [6, 6.07) is 7.15. The highest BCUT2D eigenvalue weighted by Gasteiger charge is 2.20. The summed E-state index contributed by atoms with van der Waals surface area (Å²) >= 11 is 3.35. The van der Waals surface area contributed by atoms with Crippen LogP contribution in [-0.4, -0.2) is 17.1 Å². The maximum absolute atomic E-state index is 11.7. The Kier molecular flexibility index (Phi) is 5.82. The van der Waals surface area contributed by atoms with Gasteiger partial charge >= 0.3 is 0 Å². The standard InChI is InChI=1S/C14H20BrNO2/c1-4-9(2)14(18)16-10(3)13(17)11-5-7-12(15)8-6-11/h5-10,13,17H,4H2,1-3H3,(H,16,18). The van der Waals surface area contributed by atoms with E-state index in [1.54, 1.807) is 0 Å². The first-order valence-electron chi connectivity index (χ1n) is 6.19. The van der Waals surface area contributed by atoms with Crippen LogP contribution in [0, 0.1) is 5.92 Å². The molecular weight excluding hydrogens is 294 g/mol. The summed E-state index contributed by atoms with van der Waals surface area (Å²) in [7, 11) is 0. The number of rotatable bonds is 5. The van der Waals surface area contributed by atoms with Crippen molar-refractivity contribution in [1.82, 2.24) is 5.32 Å². The highest BCUT2D eigenvalue weighted by molar-refractivity contribution is 9.10. The number of amides is 1. The number of aliphatic hydroxyl groups excluding tert-OH is 1. The van der Waals surface area contributed by atoms with Crippen LogP contribution >= 0.6 is 15.9 Å². The molecule has 0 aliphatic rings. The molecule has 3 unspecified atom stereocenters. The molecule has 2 N–H and O–H groups in total. The van der Waals surface area contributed by atoms with Crippen molar-refractivity contribution in [2.24, 2.45) is 5.92 Å². The first-order chi connectivity index (χ1) is 8.45. The fourth-order valence-electron chi connectivity index (χ4n) is 1.58. The molecule has 0 fully saturated rings. The number of hydrogen-bond acceptors (Lipinski definition) is 2. The smallest absolute Gasteiger partial charge is 0.223 e. The van der Waals surface area contributed by atoms with Gasteiger partial charge in [0.2, 0.25) is 5.91 Å². The molecule has 0 aliphatic heterocycles. The lowest BCUT2D eigenvalue weighted by molar-refractivity contribution is -0.126. The van der Waals surface area contributed by atoms with Gasteiger partial charge in [-0.15, -0.1) is 0 Å². The van der Waals surface area contributed by atoms with Gasteiger partial charge in [-0.2, -0.15) is 0 Å². The lowest BCUT2D eigenvalue weighted by atomic mass is 10.0. The van der Waals surface area contributed by atoms with E-state index < -0.39 is 6.10 Å². The van der Waals surface area contributed by atoms with Crippen molar-refractivity contribution in [2.45, 2.75) is 39.3 Å². The predicted molar refractivity (Wildman–Crippen MR) is 76.2 cm³/mol. The van der Waals surface area contributed by atoms with Gasteiger partial charge in [0.25, 0.3) is 0 Å². The number of nitrogens with one attached hydrogen (secondary N) is 1. The second-order valence-corrected chi connectivity index (χ2v) is 5.52. The maximum Gasteiger partial charge on any atom is 0.223 e. The van der Waals surface area contributed by atoms with E-state index in [0.717, 1.165) is 16.5 Å². The molecule has 0 spiro atoms. The summed E-state index contributed by atoms with van der Waals surface area (Å²) in [5.74, 6) is -0.0364. The molecule has 3 atom stereocenters. The van der Waals surface area contributed by atoms with Crippen LogP contribution in [-0.2, 0) is 4.79 Å². The van der Waals surface area contributed by atoms with E-state index in [4.69, 9.17) is 0 Å². The molecule has 1 amide bonds. The Morgan fingerprint density at radius 3 is 2.39 bits per heavy atom. The normalized spacial score (nSPS) is 15.8.